The SMILES string of the molecule is NC1CCCCC1NC(=O)c1ccc(F)cc1F. The zero-order valence-electron chi connectivity index (χ0n) is 9.96. The molecular weight excluding hydrogens is 238 g/mol. The fraction of sp³-hybridized carbons (Fsp3) is 0.462. The lowest BCUT2D eigenvalue weighted by molar-refractivity contribution is 0.0917. The summed E-state index contributed by atoms with van der Waals surface area (Å²) in [5, 5.41) is 2.72. The van der Waals surface area contributed by atoms with Gasteiger partial charge < -0.3 is 11.1 Å². The molecule has 0 heterocycles. The Labute approximate surface area is 104 Å². The number of rotatable bonds is 2. The third-order valence-electron chi connectivity index (χ3n) is 3.31. The Kier molecular flexibility index (Phi) is 3.91. The molecule has 0 spiro atoms. The topological polar surface area (TPSA) is 55.1 Å². The molecule has 3 nitrogen and oxygen atoms in total. The van der Waals surface area contributed by atoms with E-state index in [0.717, 1.165) is 37.8 Å². The summed E-state index contributed by atoms with van der Waals surface area (Å²) in [7, 11) is 0. The maximum absolute atomic E-state index is 13.4. The minimum atomic E-state index is -0.850. The number of halogens is 2. The van der Waals surface area contributed by atoms with E-state index < -0.39 is 17.5 Å². The zero-order chi connectivity index (χ0) is 13.1. The third kappa shape index (κ3) is 2.85. The normalized spacial score (nSPS) is 23.7. The molecule has 1 aromatic carbocycles. The van der Waals surface area contributed by atoms with Crippen LogP contribution in [-0.4, -0.2) is 18.0 Å². The van der Waals surface area contributed by atoms with Crippen LogP contribution in [-0.2, 0) is 0 Å². The van der Waals surface area contributed by atoms with Gasteiger partial charge in [0, 0.05) is 18.2 Å². The molecule has 2 atom stereocenters. The number of hydrogen-bond donors (Lipinski definition) is 2. The maximum atomic E-state index is 13.4. The molecule has 2 rings (SSSR count). The van der Waals surface area contributed by atoms with Crippen molar-refractivity contribution in [1.29, 1.82) is 0 Å². The van der Waals surface area contributed by atoms with E-state index in [0.29, 0.717) is 6.07 Å². The summed E-state index contributed by atoms with van der Waals surface area (Å²) in [6.07, 6.45) is 3.72. The van der Waals surface area contributed by atoms with Crippen molar-refractivity contribution in [2.24, 2.45) is 5.73 Å². The van der Waals surface area contributed by atoms with Crippen molar-refractivity contribution in [3.8, 4) is 0 Å². The van der Waals surface area contributed by atoms with Crippen LogP contribution in [0.4, 0.5) is 8.78 Å². The first kappa shape index (κ1) is 13.0. The van der Waals surface area contributed by atoms with E-state index in [-0.39, 0.29) is 17.6 Å². The number of benzene rings is 1. The van der Waals surface area contributed by atoms with Gasteiger partial charge in [-0.3, -0.25) is 4.79 Å². The highest BCUT2D eigenvalue weighted by atomic mass is 19.1. The van der Waals surface area contributed by atoms with E-state index in [4.69, 9.17) is 5.73 Å². The van der Waals surface area contributed by atoms with Crippen LogP contribution in [0.3, 0.4) is 0 Å². The smallest absolute Gasteiger partial charge is 0.254 e. The minimum absolute atomic E-state index is 0.0915. The van der Waals surface area contributed by atoms with Crippen molar-refractivity contribution in [1.82, 2.24) is 5.32 Å². The lowest BCUT2D eigenvalue weighted by Crippen LogP contribution is -2.49. The molecule has 3 N–H and O–H groups in total. The second kappa shape index (κ2) is 5.44. The first-order valence-electron chi connectivity index (χ1n) is 6.09. The van der Waals surface area contributed by atoms with Crippen molar-refractivity contribution < 1.29 is 13.6 Å². The monoisotopic (exact) mass is 254 g/mol. The molecule has 1 aromatic rings. The molecule has 1 fully saturated rings. The van der Waals surface area contributed by atoms with E-state index in [2.05, 4.69) is 5.32 Å². The van der Waals surface area contributed by atoms with Gasteiger partial charge in [0.2, 0.25) is 0 Å². The predicted octanol–water partition coefficient (Wildman–Crippen LogP) is 1.96. The summed E-state index contributed by atoms with van der Waals surface area (Å²) in [4.78, 5) is 11.9. The number of nitrogens with two attached hydrogens (primary N) is 1. The summed E-state index contributed by atoms with van der Waals surface area (Å²) in [5.41, 5.74) is 5.75. The summed E-state index contributed by atoms with van der Waals surface area (Å²) in [6, 6.07) is 2.70. The fourth-order valence-corrected chi connectivity index (χ4v) is 2.26. The molecule has 5 heteroatoms. The summed E-state index contributed by atoms with van der Waals surface area (Å²) in [6.45, 7) is 0. The van der Waals surface area contributed by atoms with Gasteiger partial charge in [-0.1, -0.05) is 12.8 Å². The Morgan fingerprint density at radius 1 is 1.28 bits per heavy atom. The molecule has 2 unspecified atom stereocenters. The molecule has 1 aliphatic carbocycles. The Hall–Kier alpha value is -1.49. The van der Waals surface area contributed by atoms with E-state index >= 15 is 0 Å². The highest BCUT2D eigenvalue weighted by Crippen LogP contribution is 2.18. The van der Waals surface area contributed by atoms with Gasteiger partial charge in [0.15, 0.2) is 0 Å². The van der Waals surface area contributed by atoms with E-state index in [9.17, 15) is 13.6 Å². The molecule has 98 valence electrons. The van der Waals surface area contributed by atoms with E-state index in [1.807, 2.05) is 0 Å². The molecule has 18 heavy (non-hydrogen) atoms. The van der Waals surface area contributed by atoms with Gasteiger partial charge in [-0.2, -0.15) is 0 Å². The second-order valence-corrected chi connectivity index (χ2v) is 4.65. The van der Waals surface area contributed by atoms with Gasteiger partial charge in [0.25, 0.3) is 5.91 Å². The van der Waals surface area contributed by atoms with Crippen LogP contribution < -0.4 is 11.1 Å². The van der Waals surface area contributed by atoms with Crippen LogP contribution >= 0.6 is 0 Å². The fourth-order valence-electron chi connectivity index (χ4n) is 2.26. The Bertz CT molecular complexity index is 451. The first-order valence-corrected chi connectivity index (χ1v) is 6.09. The van der Waals surface area contributed by atoms with Gasteiger partial charge in [-0.25, -0.2) is 8.78 Å². The van der Waals surface area contributed by atoms with Crippen LogP contribution in [0.25, 0.3) is 0 Å². The van der Waals surface area contributed by atoms with E-state index in [1.54, 1.807) is 0 Å². The molecule has 1 saturated carbocycles. The molecule has 0 saturated heterocycles. The second-order valence-electron chi connectivity index (χ2n) is 4.65. The third-order valence-corrected chi connectivity index (χ3v) is 3.31. The van der Waals surface area contributed by atoms with Crippen LogP contribution in [0.2, 0.25) is 0 Å². The lowest BCUT2D eigenvalue weighted by atomic mass is 9.91. The number of carbonyl (C=O) groups excluding carboxylic acids is 1. The number of hydrogen-bond acceptors (Lipinski definition) is 2. The summed E-state index contributed by atoms with van der Waals surface area (Å²) < 4.78 is 26.2. The molecule has 1 amide bonds. The van der Waals surface area contributed by atoms with Gasteiger partial charge in [-0.05, 0) is 25.0 Å². The maximum Gasteiger partial charge on any atom is 0.254 e. The van der Waals surface area contributed by atoms with Gasteiger partial charge in [0.1, 0.15) is 11.6 Å². The van der Waals surface area contributed by atoms with Crippen LogP contribution in [0.1, 0.15) is 36.0 Å². The largest absolute Gasteiger partial charge is 0.348 e. The Balaban J connectivity index is 2.07. The van der Waals surface area contributed by atoms with Gasteiger partial charge in [-0.15, -0.1) is 0 Å². The van der Waals surface area contributed by atoms with Gasteiger partial charge >= 0.3 is 0 Å². The van der Waals surface area contributed by atoms with Crippen LogP contribution in [0, 0.1) is 11.6 Å². The molecular formula is C13H16F2N2O. The first-order chi connectivity index (χ1) is 8.58. The van der Waals surface area contributed by atoms with Crippen LogP contribution in [0.15, 0.2) is 18.2 Å². The highest BCUT2D eigenvalue weighted by Gasteiger charge is 2.24. The standard InChI is InChI=1S/C13H16F2N2O/c14-8-5-6-9(10(15)7-8)13(18)17-12-4-2-1-3-11(12)16/h5-7,11-12H,1-4,16H2,(H,17,18). The Morgan fingerprint density at radius 2 is 2.00 bits per heavy atom. The van der Waals surface area contributed by atoms with Crippen LogP contribution in [0.5, 0.6) is 0 Å². The quantitative estimate of drug-likeness (QED) is 0.847. The molecule has 0 bridgehead atoms. The van der Waals surface area contributed by atoms with Crippen molar-refractivity contribution >= 4 is 5.91 Å². The average molecular weight is 254 g/mol. The number of nitrogens with one attached hydrogen (secondary N) is 1. The molecule has 0 radical (unpaired) electrons. The molecule has 0 aliphatic heterocycles. The predicted molar refractivity (Wildman–Crippen MR) is 64.1 cm³/mol. The Morgan fingerprint density at radius 3 is 2.67 bits per heavy atom. The van der Waals surface area contributed by atoms with Crippen molar-refractivity contribution in [2.45, 2.75) is 37.8 Å². The average Bonchev–Trinajstić information content (AvgIpc) is 2.32. The minimum Gasteiger partial charge on any atom is -0.348 e. The van der Waals surface area contributed by atoms with E-state index in [1.165, 1.54) is 0 Å². The van der Waals surface area contributed by atoms with Crippen molar-refractivity contribution in [2.75, 3.05) is 0 Å². The molecule has 0 aromatic heterocycles. The zero-order valence-corrected chi connectivity index (χ0v) is 9.96. The number of carbonyl (C=O) groups is 1. The highest BCUT2D eigenvalue weighted by molar-refractivity contribution is 5.94. The molecule has 1 aliphatic rings. The van der Waals surface area contributed by atoms with Crippen molar-refractivity contribution in [3.05, 3.63) is 35.4 Å². The summed E-state index contributed by atoms with van der Waals surface area (Å²) in [5.74, 6) is -2.08. The lowest BCUT2D eigenvalue weighted by Gasteiger charge is -2.29. The summed E-state index contributed by atoms with van der Waals surface area (Å²) >= 11 is 0. The van der Waals surface area contributed by atoms with Crippen molar-refractivity contribution in [3.63, 3.8) is 0 Å². The van der Waals surface area contributed by atoms with Gasteiger partial charge in [0.05, 0.1) is 5.56 Å². The number of amides is 1.